The smallest absolute Gasteiger partial charge is 0.0829 e. The van der Waals surface area contributed by atoms with E-state index < -0.39 is 0 Å². The summed E-state index contributed by atoms with van der Waals surface area (Å²) < 4.78 is 5.53. The SMILES string of the molecule is COC(C)(C)C(NN)c1cc(C)c(C)cc1C. The Hall–Kier alpha value is -0.900. The lowest BCUT2D eigenvalue weighted by molar-refractivity contribution is -0.0113. The fourth-order valence-electron chi connectivity index (χ4n) is 2.08. The highest BCUT2D eigenvalue weighted by molar-refractivity contribution is 5.39. The van der Waals surface area contributed by atoms with Crippen molar-refractivity contribution in [3.63, 3.8) is 0 Å². The van der Waals surface area contributed by atoms with Crippen LogP contribution in [0.15, 0.2) is 12.1 Å². The Kier molecular flexibility index (Phi) is 4.31. The minimum Gasteiger partial charge on any atom is -0.377 e. The summed E-state index contributed by atoms with van der Waals surface area (Å²) in [6.45, 7) is 10.4. The molecule has 0 aliphatic heterocycles. The minimum atomic E-state index is -0.346. The van der Waals surface area contributed by atoms with Gasteiger partial charge >= 0.3 is 0 Å². The van der Waals surface area contributed by atoms with Crippen LogP contribution in [0.3, 0.4) is 0 Å². The van der Waals surface area contributed by atoms with Gasteiger partial charge in [0.25, 0.3) is 0 Å². The van der Waals surface area contributed by atoms with Crippen LogP contribution in [0.2, 0.25) is 0 Å². The summed E-state index contributed by atoms with van der Waals surface area (Å²) in [5.41, 5.74) is 7.54. The zero-order chi connectivity index (χ0) is 13.2. The van der Waals surface area contributed by atoms with Crippen LogP contribution in [0.4, 0.5) is 0 Å². The number of rotatable bonds is 4. The number of hydrogen-bond donors (Lipinski definition) is 2. The standard InChI is InChI=1S/C14H24N2O/c1-9-7-11(3)12(8-10(9)2)13(16-15)14(4,5)17-6/h7-8,13,16H,15H2,1-6H3. The van der Waals surface area contributed by atoms with Crippen LogP contribution in [0.25, 0.3) is 0 Å². The molecular weight excluding hydrogens is 212 g/mol. The third-order valence-corrected chi connectivity index (χ3v) is 3.58. The van der Waals surface area contributed by atoms with Gasteiger partial charge in [0.1, 0.15) is 0 Å². The van der Waals surface area contributed by atoms with E-state index in [1.165, 1.54) is 22.3 Å². The first-order valence-corrected chi connectivity index (χ1v) is 5.92. The molecule has 3 nitrogen and oxygen atoms in total. The van der Waals surface area contributed by atoms with E-state index in [1.54, 1.807) is 7.11 Å². The number of hydrogen-bond acceptors (Lipinski definition) is 3. The fraction of sp³-hybridized carbons (Fsp3) is 0.571. The van der Waals surface area contributed by atoms with Crippen molar-refractivity contribution in [1.29, 1.82) is 0 Å². The zero-order valence-electron chi connectivity index (χ0n) is 11.7. The first-order chi connectivity index (χ1) is 7.83. The third-order valence-electron chi connectivity index (χ3n) is 3.58. The predicted molar refractivity (Wildman–Crippen MR) is 71.8 cm³/mol. The van der Waals surface area contributed by atoms with Gasteiger partial charge < -0.3 is 4.74 Å². The number of methoxy groups -OCH3 is 1. The average molecular weight is 236 g/mol. The second kappa shape index (κ2) is 5.17. The van der Waals surface area contributed by atoms with E-state index in [2.05, 4.69) is 38.3 Å². The Morgan fingerprint density at radius 2 is 1.65 bits per heavy atom. The summed E-state index contributed by atoms with van der Waals surface area (Å²) >= 11 is 0. The van der Waals surface area contributed by atoms with Crippen LogP contribution in [-0.2, 0) is 4.74 Å². The molecule has 0 aliphatic rings. The minimum absolute atomic E-state index is 0.0215. The topological polar surface area (TPSA) is 47.3 Å². The van der Waals surface area contributed by atoms with Crippen LogP contribution in [0, 0.1) is 20.8 Å². The molecule has 0 bridgehead atoms. The lowest BCUT2D eigenvalue weighted by atomic mass is 9.87. The largest absolute Gasteiger partial charge is 0.377 e. The second-order valence-corrected chi connectivity index (χ2v) is 5.20. The van der Waals surface area contributed by atoms with Gasteiger partial charge in [-0.2, -0.15) is 0 Å². The van der Waals surface area contributed by atoms with Crippen LogP contribution >= 0.6 is 0 Å². The Morgan fingerprint density at radius 3 is 2.12 bits per heavy atom. The van der Waals surface area contributed by atoms with Crippen molar-refractivity contribution < 1.29 is 4.74 Å². The van der Waals surface area contributed by atoms with E-state index >= 15 is 0 Å². The van der Waals surface area contributed by atoms with E-state index in [-0.39, 0.29) is 11.6 Å². The number of aryl methyl sites for hydroxylation is 3. The van der Waals surface area contributed by atoms with Gasteiger partial charge in [-0.25, -0.2) is 0 Å². The maximum Gasteiger partial charge on any atom is 0.0829 e. The number of benzene rings is 1. The van der Waals surface area contributed by atoms with Gasteiger partial charge in [-0.05, 0) is 56.9 Å². The van der Waals surface area contributed by atoms with Crippen molar-refractivity contribution in [3.8, 4) is 0 Å². The lowest BCUT2D eigenvalue weighted by Gasteiger charge is -2.34. The summed E-state index contributed by atoms with van der Waals surface area (Å²) in [7, 11) is 1.71. The summed E-state index contributed by atoms with van der Waals surface area (Å²) in [6, 6.07) is 4.36. The Balaban J connectivity index is 3.26. The van der Waals surface area contributed by atoms with Crippen LogP contribution in [0.5, 0.6) is 0 Å². The average Bonchev–Trinajstić information content (AvgIpc) is 2.26. The molecular formula is C14H24N2O. The van der Waals surface area contributed by atoms with Crippen LogP contribution in [0.1, 0.15) is 42.1 Å². The van der Waals surface area contributed by atoms with Crippen molar-refractivity contribution in [2.75, 3.05) is 7.11 Å². The lowest BCUT2D eigenvalue weighted by Crippen LogP contribution is -2.44. The quantitative estimate of drug-likeness (QED) is 0.624. The Bertz CT molecular complexity index is 399. The maximum atomic E-state index is 5.69. The molecule has 0 aromatic heterocycles. The Labute approximate surface area is 104 Å². The van der Waals surface area contributed by atoms with Crippen molar-refractivity contribution in [3.05, 3.63) is 34.4 Å². The summed E-state index contributed by atoms with van der Waals surface area (Å²) in [5.74, 6) is 5.69. The molecule has 0 radical (unpaired) electrons. The van der Waals surface area contributed by atoms with Gasteiger partial charge in [0.2, 0.25) is 0 Å². The van der Waals surface area contributed by atoms with E-state index in [4.69, 9.17) is 10.6 Å². The van der Waals surface area contributed by atoms with Crippen molar-refractivity contribution >= 4 is 0 Å². The molecule has 0 saturated carbocycles. The Morgan fingerprint density at radius 1 is 1.12 bits per heavy atom. The molecule has 0 amide bonds. The van der Waals surface area contributed by atoms with Crippen molar-refractivity contribution in [2.45, 2.75) is 46.3 Å². The fourth-order valence-corrected chi connectivity index (χ4v) is 2.08. The van der Waals surface area contributed by atoms with Gasteiger partial charge in [-0.1, -0.05) is 12.1 Å². The van der Waals surface area contributed by atoms with Crippen molar-refractivity contribution in [1.82, 2.24) is 5.43 Å². The number of ether oxygens (including phenoxy) is 1. The summed E-state index contributed by atoms with van der Waals surface area (Å²) in [4.78, 5) is 0. The number of hydrazine groups is 1. The third kappa shape index (κ3) is 2.86. The summed E-state index contributed by atoms with van der Waals surface area (Å²) in [6.07, 6.45) is 0. The summed E-state index contributed by atoms with van der Waals surface area (Å²) in [5, 5.41) is 0. The van der Waals surface area contributed by atoms with E-state index in [0.717, 1.165) is 0 Å². The highest BCUT2D eigenvalue weighted by Crippen LogP contribution is 2.31. The van der Waals surface area contributed by atoms with E-state index in [0.29, 0.717) is 0 Å². The van der Waals surface area contributed by atoms with Crippen LogP contribution in [-0.4, -0.2) is 12.7 Å². The molecule has 0 saturated heterocycles. The van der Waals surface area contributed by atoms with E-state index in [1.807, 2.05) is 13.8 Å². The van der Waals surface area contributed by atoms with Gasteiger partial charge in [-0.3, -0.25) is 11.3 Å². The highest BCUT2D eigenvalue weighted by Gasteiger charge is 2.31. The maximum absolute atomic E-state index is 5.69. The molecule has 1 rings (SSSR count). The molecule has 1 aromatic carbocycles. The molecule has 0 heterocycles. The molecule has 3 heteroatoms. The zero-order valence-corrected chi connectivity index (χ0v) is 11.7. The monoisotopic (exact) mass is 236 g/mol. The van der Waals surface area contributed by atoms with Crippen molar-refractivity contribution in [2.24, 2.45) is 5.84 Å². The highest BCUT2D eigenvalue weighted by atomic mass is 16.5. The van der Waals surface area contributed by atoms with Gasteiger partial charge in [-0.15, -0.1) is 0 Å². The molecule has 0 spiro atoms. The predicted octanol–water partition coefficient (Wildman–Crippen LogP) is 2.54. The molecule has 1 unspecified atom stereocenters. The molecule has 0 aliphatic carbocycles. The molecule has 1 aromatic rings. The molecule has 96 valence electrons. The number of nitrogens with two attached hydrogens (primary N) is 1. The molecule has 17 heavy (non-hydrogen) atoms. The normalized spacial score (nSPS) is 13.8. The van der Waals surface area contributed by atoms with Gasteiger partial charge in [0.15, 0.2) is 0 Å². The first kappa shape index (κ1) is 14.2. The van der Waals surface area contributed by atoms with Gasteiger partial charge in [0, 0.05) is 7.11 Å². The second-order valence-electron chi connectivity index (χ2n) is 5.20. The van der Waals surface area contributed by atoms with Gasteiger partial charge in [0.05, 0.1) is 11.6 Å². The molecule has 0 fully saturated rings. The van der Waals surface area contributed by atoms with Crippen LogP contribution < -0.4 is 11.3 Å². The number of nitrogens with one attached hydrogen (secondary N) is 1. The molecule has 3 N–H and O–H groups in total. The van der Waals surface area contributed by atoms with E-state index in [9.17, 15) is 0 Å². The first-order valence-electron chi connectivity index (χ1n) is 5.92. The molecule has 1 atom stereocenters.